The molecule has 1 aromatic carbocycles. The Balaban J connectivity index is 1.74. The van der Waals surface area contributed by atoms with Crippen molar-refractivity contribution in [1.29, 1.82) is 0 Å². The van der Waals surface area contributed by atoms with Crippen molar-refractivity contribution in [2.45, 2.75) is 38.7 Å². The van der Waals surface area contributed by atoms with Gasteiger partial charge in [-0.05, 0) is 59.8 Å². The highest BCUT2D eigenvalue weighted by Gasteiger charge is 2.45. The minimum atomic E-state index is -0.722. The Labute approximate surface area is 137 Å². The van der Waals surface area contributed by atoms with Crippen molar-refractivity contribution in [2.24, 2.45) is 0 Å². The number of aromatic nitrogens is 4. The fourth-order valence-electron chi connectivity index (χ4n) is 3.17. The molecule has 0 radical (unpaired) electrons. The summed E-state index contributed by atoms with van der Waals surface area (Å²) in [7, 11) is 0. The number of carbonyl (C=O) groups excluding carboxylic acids is 1. The van der Waals surface area contributed by atoms with Gasteiger partial charge in [-0.1, -0.05) is 6.07 Å². The molecule has 2 bridgehead atoms. The number of ketones is 1. The molecule has 0 N–H and O–H groups in total. The van der Waals surface area contributed by atoms with Crippen molar-refractivity contribution in [2.75, 3.05) is 6.61 Å². The quantitative estimate of drug-likeness (QED) is 0.779. The molecule has 120 valence electrons. The lowest BCUT2D eigenvalue weighted by Gasteiger charge is -2.25. The van der Waals surface area contributed by atoms with Gasteiger partial charge in [0.1, 0.15) is 6.10 Å². The molecule has 2 saturated heterocycles. The Hall–Kier alpha value is -1.90. The minimum absolute atomic E-state index is 0.0772. The predicted octanol–water partition coefficient (Wildman–Crippen LogP) is 1.67. The van der Waals surface area contributed by atoms with Gasteiger partial charge < -0.3 is 9.47 Å². The zero-order chi connectivity index (χ0) is 16.1. The molecule has 0 spiro atoms. The number of Topliss-reactive ketones (excluding diaryl/α,β-unsaturated/α-hetero) is 1. The summed E-state index contributed by atoms with van der Waals surface area (Å²) < 4.78 is 14.6. The van der Waals surface area contributed by atoms with E-state index in [0.29, 0.717) is 17.8 Å². The molecule has 2 aromatic rings. The maximum absolute atomic E-state index is 12.0. The van der Waals surface area contributed by atoms with E-state index in [2.05, 4.69) is 16.5 Å². The van der Waals surface area contributed by atoms with Crippen LogP contribution in [-0.2, 0) is 14.3 Å². The number of hydrogen-bond donors (Lipinski definition) is 0. The van der Waals surface area contributed by atoms with Crippen LogP contribution >= 0.6 is 12.2 Å². The smallest absolute Gasteiger partial charge is 0.221 e. The van der Waals surface area contributed by atoms with E-state index in [9.17, 15) is 4.79 Å². The monoisotopic (exact) mass is 332 g/mol. The van der Waals surface area contributed by atoms with E-state index >= 15 is 0 Å². The number of ether oxygens (including phenoxy) is 2. The first kappa shape index (κ1) is 14.7. The number of hydrogen-bond acceptors (Lipinski definition) is 6. The molecule has 0 unspecified atom stereocenters. The van der Waals surface area contributed by atoms with Gasteiger partial charge in [0, 0.05) is 6.42 Å². The van der Waals surface area contributed by atoms with Crippen molar-refractivity contribution < 1.29 is 14.3 Å². The molecule has 0 amide bonds. The van der Waals surface area contributed by atoms with Crippen molar-refractivity contribution in [3.05, 3.63) is 34.1 Å². The molecule has 8 heteroatoms. The second-order valence-electron chi connectivity index (χ2n) is 6.04. The van der Waals surface area contributed by atoms with Crippen molar-refractivity contribution >= 4 is 18.0 Å². The third-order valence-electron chi connectivity index (χ3n) is 4.18. The second-order valence-corrected chi connectivity index (χ2v) is 6.41. The van der Waals surface area contributed by atoms with Gasteiger partial charge in [-0.25, -0.2) is 4.68 Å². The van der Waals surface area contributed by atoms with Crippen molar-refractivity contribution in [3.63, 3.8) is 0 Å². The van der Waals surface area contributed by atoms with Crippen LogP contribution in [0, 0.1) is 18.6 Å². The number of aryl methyl sites for hydroxylation is 2. The SMILES string of the molecule is Cc1cc(C)cc(-n2nnn([C@H]3CC(=O)[C@H]4OC[C@H]3O4)c2=S)c1. The van der Waals surface area contributed by atoms with E-state index < -0.39 is 6.29 Å². The second kappa shape index (κ2) is 5.33. The van der Waals surface area contributed by atoms with Gasteiger partial charge in [-0.15, -0.1) is 0 Å². The van der Waals surface area contributed by atoms with Crippen molar-refractivity contribution in [1.82, 2.24) is 19.8 Å². The number of fused-ring (bicyclic) bond motifs is 2. The summed E-state index contributed by atoms with van der Waals surface area (Å²) in [6, 6.07) is 5.81. The highest BCUT2D eigenvalue weighted by Crippen LogP contribution is 2.32. The summed E-state index contributed by atoms with van der Waals surface area (Å²) >= 11 is 5.52. The third-order valence-corrected chi connectivity index (χ3v) is 4.54. The first-order valence-electron chi connectivity index (χ1n) is 7.46. The van der Waals surface area contributed by atoms with Crippen LogP contribution in [0.1, 0.15) is 23.6 Å². The van der Waals surface area contributed by atoms with Crippen LogP contribution in [0.5, 0.6) is 0 Å². The topological polar surface area (TPSA) is 71.2 Å². The maximum atomic E-state index is 12.0. The molecule has 2 aliphatic rings. The van der Waals surface area contributed by atoms with E-state index in [0.717, 1.165) is 16.8 Å². The molecule has 7 nitrogen and oxygen atoms in total. The van der Waals surface area contributed by atoms with Gasteiger partial charge in [-0.3, -0.25) is 4.79 Å². The highest BCUT2D eigenvalue weighted by atomic mass is 32.1. The van der Waals surface area contributed by atoms with Gasteiger partial charge in [0.15, 0.2) is 5.78 Å². The Kier molecular flexibility index (Phi) is 3.40. The lowest BCUT2D eigenvalue weighted by molar-refractivity contribution is -0.156. The number of benzene rings is 1. The van der Waals surface area contributed by atoms with Gasteiger partial charge in [0.05, 0.1) is 18.3 Å². The number of nitrogens with zero attached hydrogens (tertiary/aromatic N) is 4. The summed E-state index contributed by atoms with van der Waals surface area (Å²) in [4.78, 5) is 12.0. The first-order valence-corrected chi connectivity index (χ1v) is 7.87. The first-order chi connectivity index (χ1) is 11.0. The van der Waals surface area contributed by atoms with Crippen LogP contribution in [0.2, 0.25) is 0 Å². The van der Waals surface area contributed by atoms with Gasteiger partial charge in [0.25, 0.3) is 0 Å². The Morgan fingerprint density at radius 3 is 2.70 bits per heavy atom. The van der Waals surface area contributed by atoms with Crippen LogP contribution in [0.3, 0.4) is 0 Å². The molecule has 3 atom stereocenters. The largest absolute Gasteiger partial charge is 0.343 e. The molecule has 4 rings (SSSR count). The van der Waals surface area contributed by atoms with E-state index in [1.807, 2.05) is 26.0 Å². The molecular weight excluding hydrogens is 316 g/mol. The summed E-state index contributed by atoms with van der Waals surface area (Å²) in [5, 5.41) is 8.33. The third kappa shape index (κ3) is 2.43. The molecule has 0 aliphatic carbocycles. The predicted molar refractivity (Wildman–Crippen MR) is 82.9 cm³/mol. The van der Waals surface area contributed by atoms with Crippen LogP contribution in [0.15, 0.2) is 18.2 Å². The molecule has 3 heterocycles. The van der Waals surface area contributed by atoms with Gasteiger partial charge in [-0.2, -0.15) is 4.68 Å². The molecule has 0 saturated carbocycles. The number of tetrazole rings is 1. The summed E-state index contributed by atoms with van der Waals surface area (Å²) in [6.45, 7) is 4.42. The Bertz CT molecular complexity index is 823. The van der Waals surface area contributed by atoms with Crippen LogP contribution < -0.4 is 0 Å². The summed E-state index contributed by atoms with van der Waals surface area (Å²) in [5.74, 6) is -0.0772. The molecule has 1 aromatic heterocycles. The number of rotatable bonds is 2. The standard InChI is InChI=1S/C15H16N4O3S/c1-8-3-9(2)5-10(4-8)18-15(23)19(17-16-18)11-6-12(20)14-21-7-13(11)22-14/h3-5,11,13-14H,6-7H2,1-2H3/t11-,13+,14-/m0/s1. The van der Waals surface area contributed by atoms with Gasteiger partial charge >= 0.3 is 0 Å². The number of carbonyl (C=O) groups is 1. The maximum Gasteiger partial charge on any atom is 0.221 e. The average Bonchev–Trinajstić information content (AvgIpc) is 3.08. The van der Waals surface area contributed by atoms with Gasteiger partial charge in [0.2, 0.25) is 11.1 Å². The van der Waals surface area contributed by atoms with E-state index in [1.54, 1.807) is 9.36 Å². The van der Waals surface area contributed by atoms with E-state index in [1.165, 1.54) is 0 Å². The lowest BCUT2D eigenvalue weighted by Crippen LogP contribution is -2.37. The highest BCUT2D eigenvalue weighted by molar-refractivity contribution is 7.71. The average molecular weight is 332 g/mol. The lowest BCUT2D eigenvalue weighted by atomic mass is 10.0. The fourth-order valence-corrected chi connectivity index (χ4v) is 3.48. The van der Waals surface area contributed by atoms with Crippen molar-refractivity contribution in [3.8, 4) is 5.69 Å². The van der Waals surface area contributed by atoms with Crippen LogP contribution in [-0.4, -0.2) is 44.6 Å². The Morgan fingerprint density at radius 1 is 1.22 bits per heavy atom. The molecule has 2 aliphatic heterocycles. The van der Waals surface area contributed by atoms with E-state index in [-0.39, 0.29) is 17.9 Å². The zero-order valence-electron chi connectivity index (χ0n) is 12.8. The van der Waals surface area contributed by atoms with E-state index in [4.69, 9.17) is 21.7 Å². The normalized spacial score (nSPS) is 26.7. The molecule has 23 heavy (non-hydrogen) atoms. The summed E-state index contributed by atoms with van der Waals surface area (Å²) in [5.41, 5.74) is 3.11. The Morgan fingerprint density at radius 2 is 1.96 bits per heavy atom. The zero-order valence-corrected chi connectivity index (χ0v) is 13.6. The molecule has 2 fully saturated rings. The van der Waals surface area contributed by atoms with Crippen LogP contribution in [0.4, 0.5) is 0 Å². The van der Waals surface area contributed by atoms with Crippen LogP contribution in [0.25, 0.3) is 5.69 Å². The fraction of sp³-hybridized carbons (Fsp3) is 0.467. The minimum Gasteiger partial charge on any atom is -0.343 e. The molecular formula is C15H16N4O3S. The summed E-state index contributed by atoms with van der Waals surface area (Å²) in [6.07, 6.45) is -0.636.